The zero-order chi connectivity index (χ0) is 19.3. The molecule has 0 N–H and O–H groups in total. The van der Waals surface area contributed by atoms with Crippen molar-refractivity contribution in [3.8, 4) is 0 Å². The lowest BCUT2D eigenvalue weighted by Crippen LogP contribution is -2.25. The van der Waals surface area contributed by atoms with Gasteiger partial charge in [0.25, 0.3) is 11.1 Å². The Balaban J connectivity index is 1.77. The molecule has 5 aromatic rings. The van der Waals surface area contributed by atoms with E-state index in [9.17, 15) is 9.59 Å². The first-order valence-corrected chi connectivity index (χ1v) is 8.99. The number of hydrogen-bond donors (Lipinski definition) is 0. The molecule has 0 atom stereocenters. The Morgan fingerprint density at radius 2 is 1.64 bits per heavy atom. The van der Waals surface area contributed by atoms with E-state index in [-0.39, 0.29) is 17.7 Å². The molecule has 0 aliphatic carbocycles. The van der Waals surface area contributed by atoms with Crippen LogP contribution in [0.4, 0.5) is 0 Å². The molecule has 5 rings (SSSR count). The molecule has 3 aromatic heterocycles. The van der Waals surface area contributed by atoms with Gasteiger partial charge in [-0.25, -0.2) is 4.68 Å². The summed E-state index contributed by atoms with van der Waals surface area (Å²) in [7, 11) is 0. The summed E-state index contributed by atoms with van der Waals surface area (Å²) in [5.41, 5.74) is 0.412. The summed E-state index contributed by atoms with van der Waals surface area (Å²) >= 11 is 0. The SMILES string of the molecule is CCn1c(=O)c2ccccc2n2c(Cn3ncc4ccccc4c3=O)nnc12. The molecule has 0 bridgehead atoms. The van der Waals surface area contributed by atoms with E-state index in [4.69, 9.17) is 0 Å². The highest BCUT2D eigenvalue weighted by Crippen LogP contribution is 2.15. The number of aryl methyl sites for hydroxylation is 1. The van der Waals surface area contributed by atoms with Gasteiger partial charge in [0.05, 0.1) is 22.5 Å². The van der Waals surface area contributed by atoms with Crippen LogP contribution in [0.5, 0.6) is 0 Å². The molecule has 0 aliphatic heterocycles. The quantitative estimate of drug-likeness (QED) is 0.482. The molecule has 0 saturated carbocycles. The van der Waals surface area contributed by atoms with Gasteiger partial charge in [0, 0.05) is 11.9 Å². The van der Waals surface area contributed by atoms with Crippen LogP contribution in [-0.2, 0) is 13.1 Å². The Morgan fingerprint density at radius 3 is 2.46 bits per heavy atom. The molecular formula is C20H16N6O2. The third-order valence-electron chi connectivity index (χ3n) is 4.94. The van der Waals surface area contributed by atoms with E-state index in [1.807, 2.05) is 47.7 Å². The van der Waals surface area contributed by atoms with Gasteiger partial charge in [-0.05, 0) is 25.1 Å². The van der Waals surface area contributed by atoms with Crippen molar-refractivity contribution in [3.05, 3.63) is 81.3 Å². The minimum absolute atomic E-state index is 0.106. The Labute approximate surface area is 158 Å². The van der Waals surface area contributed by atoms with Gasteiger partial charge in [0.15, 0.2) is 5.82 Å². The zero-order valence-corrected chi connectivity index (χ0v) is 15.1. The van der Waals surface area contributed by atoms with Gasteiger partial charge >= 0.3 is 0 Å². The molecule has 0 amide bonds. The molecule has 8 nitrogen and oxygen atoms in total. The van der Waals surface area contributed by atoms with E-state index in [2.05, 4.69) is 15.3 Å². The van der Waals surface area contributed by atoms with E-state index < -0.39 is 0 Å². The minimum Gasteiger partial charge on any atom is -0.277 e. The van der Waals surface area contributed by atoms with Gasteiger partial charge < -0.3 is 0 Å². The fourth-order valence-electron chi connectivity index (χ4n) is 3.58. The second-order valence-electron chi connectivity index (χ2n) is 6.51. The number of hydrogen-bond acceptors (Lipinski definition) is 5. The van der Waals surface area contributed by atoms with Crippen LogP contribution in [0.25, 0.3) is 27.5 Å². The summed E-state index contributed by atoms with van der Waals surface area (Å²) in [5, 5.41) is 14.7. The molecule has 0 saturated heterocycles. The summed E-state index contributed by atoms with van der Waals surface area (Å²) in [4.78, 5) is 25.6. The van der Waals surface area contributed by atoms with Gasteiger partial charge in [-0.2, -0.15) is 5.10 Å². The van der Waals surface area contributed by atoms with Gasteiger partial charge in [0.2, 0.25) is 5.78 Å². The van der Waals surface area contributed by atoms with Crippen molar-refractivity contribution in [1.82, 2.24) is 28.9 Å². The van der Waals surface area contributed by atoms with Crippen molar-refractivity contribution >= 4 is 27.5 Å². The number of para-hydroxylation sites is 1. The van der Waals surface area contributed by atoms with E-state index in [1.54, 1.807) is 22.9 Å². The lowest BCUT2D eigenvalue weighted by molar-refractivity contribution is 0.617. The summed E-state index contributed by atoms with van der Waals surface area (Å²) in [6.07, 6.45) is 1.67. The van der Waals surface area contributed by atoms with Crippen molar-refractivity contribution in [2.75, 3.05) is 0 Å². The third kappa shape index (κ3) is 2.27. The monoisotopic (exact) mass is 372 g/mol. The van der Waals surface area contributed by atoms with E-state index >= 15 is 0 Å². The largest absolute Gasteiger partial charge is 0.277 e. The smallest absolute Gasteiger partial charge is 0.275 e. The topological polar surface area (TPSA) is 87.1 Å². The van der Waals surface area contributed by atoms with Crippen molar-refractivity contribution in [1.29, 1.82) is 0 Å². The van der Waals surface area contributed by atoms with Gasteiger partial charge in [-0.15, -0.1) is 10.2 Å². The second-order valence-corrected chi connectivity index (χ2v) is 6.51. The maximum atomic E-state index is 12.8. The van der Waals surface area contributed by atoms with E-state index in [0.29, 0.717) is 34.4 Å². The van der Waals surface area contributed by atoms with Gasteiger partial charge in [0.1, 0.15) is 6.54 Å². The van der Waals surface area contributed by atoms with Crippen LogP contribution in [-0.4, -0.2) is 28.9 Å². The van der Waals surface area contributed by atoms with Crippen molar-refractivity contribution in [3.63, 3.8) is 0 Å². The Morgan fingerprint density at radius 1 is 0.893 bits per heavy atom. The predicted molar refractivity (Wildman–Crippen MR) is 106 cm³/mol. The van der Waals surface area contributed by atoms with E-state index in [1.165, 1.54) is 4.68 Å². The molecule has 3 heterocycles. The van der Waals surface area contributed by atoms with Crippen LogP contribution in [0.2, 0.25) is 0 Å². The van der Waals surface area contributed by atoms with Crippen molar-refractivity contribution in [2.45, 2.75) is 20.0 Å². The predicted octanol–water partition coefficient (Wildman–Crippen LogP) is 1.82. The fourth-order valence-corrected chi connectivity index (χ4v) is 3.58. The fraction of sp³-hybridized carbons (Fsp3) is 0.150. The highest BCUT2D eigenvalue weighted by molar-refractivity contribution is 5.81. The summed E-state index contributed by atoms with van der Waals surface area (Å²) in [6.45, 7) is 2.51. The average molecular weight is 372 g/mol. The summed E-state index contributed by atoms with van der Waals surface area (Å²) < 4.78 is 4.77. The first-order valence-electron chi connectivity index (χ1n) is 8.99. The molecule has 0 spiro atoms. The normalized spacial score (nSPS) is 11.6. The van der Waals surface area contributed by atoms with Crippen molar-refractivity contribution < 1.29 is 0 Å². The molecule has 28 heavy (non-hydrogen) atoms. The average Bonchev–Trinajstić information content (AvgIpc) is 3.14. The lowest BCUT2D eigenvalue weighted by Gasteiger charge is -2.10. The van der Waals surface area contributed by atoms with Crippen LogP contribution >= 0.6 is 0 Å². The van der Waals surface area contributed by atoms with Crippen LogP contribution < -0.4 is 11.1 Å². The molecule has 0 unspecified atom stereocenters. The molecule has 0 aliphatic rings. The van der Waals surface area contributed by atoms with Gasteiger partial charge in [-0.1, -0.05) is 30.3 Å². The lowest BCUT2D eigenvalue weighted by atomic mass is 10.2. The molecule has 8 heteroatoms. The van der Waals surface area contributed by atoms with Crippen molar-refractivity contribution in [2.24, 2.45) is 0 Å². The Kier molecular flexibility index (Phi) is 3.58. The van der Waals surface area contributed by atoms with Crippen LogP contribution in [0.1, 0.15) is 12.7 Å². The highest BCUT2D eigenvalue weighted by atomic mass is 16.1. The summed E-state index contributed by atoms with van der Waals surface area (Å²) in [6, 6.07) is 14.7. The summed E-state index contributed by atoms with van der Waals surface area (Å²) in [5.74, 6) is 0.994. The second kappa shape index (κ2) is 6.12. The maximum Gasteiger partial charge on any atom is 0.275 e. The molecular weight excluding hydrogens is 356 g/mol. The number of nitrogens with zero attached hydrogens (tertiary/aromatic N) is 6. The maximum absolute atomic E-state index is 12.8. The zero-order valence-electron chi connectivity index (χ0n) is 15.1. The van der Waals surface area contributed by atoms with Crippen LogP contribution in [0.15, 0.2) is 64.3 Å². The first kappa shape index (κ1) is 16.4. The number of aromatic nitrogens is 6. The van der Waals surface area contributed by atoms with Crippen LogP contribution in [0, 0.1) is 0 Å². The van der Waals surface area contributed by atoms with E-state index in [0.717, 1.165) is 5.39 Å². The highest BCUT2D eigenvalue weighted by Gasteiger charge is 2.16. The molecule has 138 valence electrons. The standard InChI is InChI=1S/C20H16N6O2/c1-2-24-18(27)15-9-5-6-10-16(15)26-17(22-23-20(24)26)12-25-19(28)14-8-4-3-7-13(14)11-21-25/h3-11H,2,12H2,1H3. The first-order chi connectivity index (χ1) is 13.7. The van der Waals surface area contributed by atoms with Crippen LogP contribution in [0.3, 0.4) is 0 Å². The molecule has 0 fully saturated rings. The number of rotatable bonds is 3. The Hall–Kier alpha value is -3.81. The molecule has 0 radical (unpaired) electrons. The minimum atomic E-state index is -0.192. The molecule has 2 aromatic carbocycles. The van der Waals surface area contributed by atoms with Gasteiger partial charge in [-0.3, -0.25) is 18.6 Å². The third-order valence-corrected chi connectivity index (χ3v) is 4.94. The Bertz CT molecular complexity index is 1480. The number of benzene rings is 2. The number of fused-ring (bicyclic) bond motifs is 4.